The maximum atomic E-state index is 12.9. The minimum Gasteiger partial charge on any atom is -0.480 e. The number of rotatable bonds is 8. The molecular weight excluding hydrogens is 444 g/mol. The van der Waals surface area contributed by atoms with Crippen LogP contribution in [0.5, 0.6) is 0 Å². The van der Waals surface area contributed by atoms with E-state index in [1.54, 1.807) is 13.8 Å². The van der Waals surface area contributed by atoms with Crippen LogP contribution in [-0.2, 0) is 14.3 Å². The van der Waals surface area contributed by atoms with Crippen molar-refractivity contribution in [3.63, 3.8) is 0 Å². The van der Waals surface area contributed by atoms with Crippen LogP contribution < -0.4 is 10.6 Å². The fourth-order valence-corrected chi connectivity index (χ4v) is 5.26. The number of aliphatic carboxylic acids is 1. The van der Waals surface area contributed by atoms with Crippen molar-refractivity contribution in [1.82, 2.24) is 10.6 Å². The molecule has 0 heterocycles. The molecular formula is C28H34N2O5. The normalized spacial score (nSPS) is 16.6. The highest BCUT2D eigenvalue weighted by Crippen LogP contribution is 2.44. The first kappa shape index (κ1) is 24.8. The minimum absolute atomic E-state index is 0.0861. The van der Waals surface area contributed by atoms with Gasteiger partial charge in [0.2, 0.25) is 5.91 Å². The van der Waals surface area contributed by atoms with Gasteiger partial charge in [-0.3, -0.25) is 4.79 Å². The summed E-state index contributed by atoms with van der Waals surface area (Å²) in [7, 11) is 0. The second-order valence-electron chi connectivity index (χ2n) is 10.2. The van der Waals surface area contributed by atoms with E-state index in [0.29, 0.717) is 12.3 Å². The van der Waals surface area contributed by atoms with E-state index in [1.807, 2.05) is 36.4 Å². The predicted molar refractivity (Wildman–Crippen MR) is 133 cm³/mol. The van der Waals surface area contributed by atoms with E-state index in [4.69, 9.17) is 4.74 Å². The lowest BCUT2D eigenvalue weighted by molar-refractivity contribution is -0.143. The number of fused-ring (bicyclic) bond motifs is 3. The molecule has 2 aromatic carbocycles. The van der Waals surface area contributed by atoms with Gasteiger partial charge in [0.15, 0.2) is 0 Å². The molecule has 2 aliphatic rings. The number of carboxylic acids is 1. The topological polar surface area (TPSA) is 105 Å². The van der Waals surface area contributed by atoms with Crippen LogP contribution in [0.1, 0.15) is 69.4 Å². The third-order valence-corrected chi connectivity index (χ3v) is 7.22. The molecule has 0 saturated heterocycles. The lowest BCUT2D eigenvalue weighted by Gasteiger charge is -2.29. The summed E-state index contributed by atoms with van der Waals surface area (Å²) in [6, 6.07) is 15.1. The lowest BCUT2D eigenvalue weighted by atomic mass is 9.84. The number of ether oxygens (including phenoxy) is 1. The number of hydrogen-bond acceptors (Lipinski definition) is 4. The molecule has 0 bridgehead atoms. The Labute approximate surface area is 206 Å². The van der Waals surface area contributed by atoms with Gasteiger partial charge < -0.3 is 20.5 Å². The molecule has 2 amide bonds. The molecule has 2 aromatic rings. The Kier molecular flexibility index (Phi) is 7.43. The van der Waals surface area contributed by atoms with Crippen LogP contribution in [0, 0.1) is 5.92 Å². The van der Waals surface area contributed by atoms with Crippen LogP contribution >= 0.6 is 0 Å². The van der Waals surface area contributed by atoms with E-state index in [9.17, 15) is 19.5 Å². The SMILES string of the molecule is CC(C)(NC(=O)OCC1c2ccccc2-c2ccccc21)C(=O)N[C@H](CC1CCCCC1)C(=O)O. The molecule has 3 N–H and O–H groups in total. The molecule has 1 fully saturated rings. The minimum atomic E-state index is -1.33. The van der Waals surface area contributed by atoms with Gasteiger partial charge in [0.25, 0.3) is 0 Å². The molecule has 0 aliphatic heterocycles. The first-order valence-corrected chi connectivity index (χ1v) is 12.4. The Balaban J connectivity index is 1.35. The Hall–Kier alpha value is -3.35. The number of amides is 2. The maximum Gasteiger partial charge on any atom is 0.408 e. The van der Waals surface area contributed by atoms with Gasteiger partial charge in [-0.1, -0.05) is 80.6 Å². The molecule has 0 radical (unpaired) electrons. The average Bonchev–Trinajstić information content (AvgIpc) is 3.16. The van der Waals surface area contributed by atoms with Crippen molar-refractivity contribution >= 4 is 18.0 Å². The second-order valence-corrected chi connectivity index (χ2v) is 10.2. The summed E-state index contributed by atoms with van der Waals surface area (Å²) in [5, 5.41) is 14.9. The average molecular weight is 479 g/mol. The molecule has 0 aromatic heterocycles. The predicted octanol–water partition coefficient (Wildman–Crippen LogP) is 4.84. The molecule has 35 heavy (non-hydrogen) atoms. The van der Waals surface area contributed by atoms with E-state index in [2.05, 4.69) is 22.8 Å². The fraction of sp³-hybridized carbons (Fsp3) is 0.464. The zero-order valence-corrected chi connectivity index (χ0v) is 20.4. The van der Waals surface area contributed by atoms with Gasteiger partial charge in [0, 0.05) is 5.92 Å². The van der Waals surface area contributed by atoms with Gasteiger partial charge in [-0.2, -0.15) is 0 Å². The van der Waals surface area contributed by atoms with E-state index in [1.165, 1.54) is 6.42 Å². The number of alkyl carbamates (subject to hydrolysis) is 1. The highest BCUT2D eigenvalue weighted by atomic mass is 16.5. The summed E-state index contributed by atoms with van der Waals surface area (Å²) in [6.45, 7) is 3.23. The molecule has 2 aliphatic carbocycles. The molecule has 0 unspecified atom stereocenters. The van der Waals surface area contributed by atoms with E-state index < -0.39 is 29.6 Å². The Morgan fingerprint density at radius 3 is 2.11 bits per heavy atom. The quantitative estimate of drug-likeness (QED) is 0.503. The van der Waals surface area contributed by atoms with Crippen LogP contribution in [0.2, 0.25) is 0 Å². The van der Waals surface area contributed by atoms with E-state index >= 15 is 0 Å². The molecule has 4 rings (SSSR count). The first-order chi connectivity index (χ1) is 16.8. The summed E-state index contributed by atoms with van der Waals surface area (Å²) in [4.78, 5) is 37.3. The maximum absolute atomic E-state index is 12.9. The van der Waals surface area contributed by atoms with Crippen molar-refractivity contribution in [2.45, 2.75) is 69.9 Å². The number of carboxylic acid groups (broad SMARTS) is 1. The first-order valence-electron chi connectivity index (χ1n) is 12.4. The third kappa shape index (κ3) is 5.66. The Morgan fingerprint density at radius 1 is 0.971 bits per heavy atom. The van der Waals surface area contributed by atoms with Gasteiger partial charge in [0.05, 0.1) is 0 Å². The van der Waals surface area contributed by atoms with Gasteiger partial charge in [-0.15, -0.1) is 0 Å². The van der Waals surface area contributed by atoms with Gasteiger partial charge in [-0.05, 0) is 48.4 Å². The zero-order chi connectivity index (χ0) is 25.0. The molecule has 1 saturated carbocycles. The standard InChI is InChI=1S/C28H34N2O5/c1-28(2,26(33)29-24(25(31)32)16-18-10-4-3-5-11-18)30-27(34)35-17-23-21-14-8-6-12-19(21)20-13-7-9-15-22(20)23/h6-9,12-15,18,23-24H,3-5,10-11,16-17H2,1-2H3,(H,29,33)(H,30,34)(H,31,32)/t24-/m1/s1. The zero-order valence-electron chi connectivity index (χ0n) is 20.4. The summed E-state index contributed by atoms with van der Waals surface area (Å²) in [5.41, 5.74) is 3.14. The van der Waals surface area contributed by atoms with Crippen LogP contribution in [0.25, 0.3) is 11.1 Å². The smallest absolute Gasteiger partial charge is 0.408 e. The van der Waals surface area contributed by atoms with Crippen molar-refractivity contribution in [2.24, 2.45) is 5.92 Å². The summed E-state index contributed by atoms with van der Waals surface area (Å²) in [6.07, 6.45) is 5.03. The van der Waals surface area contributed by atoms with Crippen molar-refractivity contribution in [3.05, 3.63) is 59.7 Å². The summed E-state index contributed by atoms with van der Waals surface area (Å²) in [5.74, 6) is -1.39. The van der Waals surface area contributed by atoms with Gasteiger partial charge in [0.1, 0.15) is 18.2 Å². The van der Waals surface area contributed by atoms with Crippen LogP contribution in [-0.4, -0.2) is 41.3 Å². The molecule has 7 nitrogen and oxygen atoms in total. The number of nitrogens with one attached hydrogen (secondary N) is 2. The van der Waals surface area contributed by atoms with Crippen molar-refractivity contribution in [1.29, 1.82) is 0 Å². The number of hydrogen-bond donors (Lipinski definition) is 3. The van der Waals surface area contributed by atoms with E-state index in [-0.39, 0.29) is 12.5 Å². The third-order valence-electron chi connectivity index (χ3n) is 7.22. The van der Waals surface area contributed by atoms with Crippen LogP contribution in [0.3, 0.4) is 0 Å². The second kappa shape index (κ2) is 10.5. The van der Waals surface area contributed by atoms with Gasteiger partial charge in [-0.25, -0.2) is 9.59 Å². The monoisotopic (exact) mass is 478 g/mol. The Bertz CT molecular complexity index is 1040. The van der Waals surface area contributed by atoms with Crippen molar-refractivity contribution < 1.29 is 24.2 Å². The number of carbonyl (C=O) groups is 3. The van der Waals surface area contributed by atoms with Crippen molar-refractivity contribution in [2.75, 3.05) is 6.61 Å². The molecule has 7 heteroatoms. The van der Waals surface area contributed by atoms with Crippen LogP contribution in [0.4, 0.5) is 4.79 Å². The molecule has 186 valence electrons. The number of carbonyl (C=O) groups excluding carboxylic acids is 2. The van der Waals surface area contributed by atoms with E-state index in [0.717, 1.165) is 47.9 Å². The highest BCUT2D eigenvalue weighted by Gasteiger charge is 2.35. The number of benzene rings is 2. The van der Waals surface area contributed by atoms with Crippen molar-refractivity contribution in [3.8, 4) is 11.1 Å². The van der Waals surface area contributed by atoms with Crippen LogP contribution in [0.15, 0.2) is 48.5 Å². The fourth-order valence-electron chi connectivity index (χ4n) is 5.26. The highest BCUT2D eigenvalue weighted by molar-refractivity contribution is 5.92. The summed E-state index contributed by atoms with van der Waals surface area (Å²) < 4.78 is 5.55. The Morgan fingerprint density at radius 2 is 1.54 bits per heavy atom. The lowest BCUT2D eigenvalue weighted by Crippen LogP contribution is -2.58. The summed E-state index contributed by atoms with van der Waals surface area (Å²) >= 11 is 0. The largest absolute Gasteiger partial charge is 0.480 e. The molecule has 0 spiro atoms. The molecule has 1 atom stereocenters. The van der Waals surface area contributed by atoms with Gasteiger partial charge >= 0.3 is 12.1 Å².